The van der Waals surface area contributed by atoms with Crippen LogP contribution in [0.5, 0.6) is 0 Å². The number of para-hydroxylation sites is 1. The maximum absolute atomic E-state index is 13.4. The van der Waals surface area contributed by atoms with Gasteiger partial charge in [-0.05, 0) is 19.1 Å². The molecule has 0 fully saturated rings. The molecule has 0 saturated heterocycles. The van der Waals surface area contributed by atoms with Crippen LogP contribution in [0.3, 0.4) is 0 Å². The third-order valence-corrected chi connectivity index (χ3v) is 3.33. The van der Waals surface area contributed by atoms with Crippen molar-refractivity contribution in [2.45, 2.75) is 26.7 Å². The second-order valence-electron chi connectivity index (χ2n) is 5.72. The van der Waals surface area contributed by atoms with Crippen LogP contribution in [0.4, 0.5) is 14.9 Å². The third kappa shape index (κ3) is 4.65. The summed E-state index contributed by atoms with van der Waals surface area (Å²) in [5.41, 5.74) is 0.413. The fraction of sp³-hybridized carbons (Fsp3) is 0.294. The van der Waals surface area contributed by atoms with Gasteiger partial charge in [-0.25, -0.2) is 14.0 Å². The zero-order valence-electron chi connectivity index (χ0n) is 14.5. The number of hydrogen-bond donors (Lipinski definition) is 2. The molecule has 0 aliphatic heterocycles. The van der Waals surface area contributed by atoms with Crippen molar-refractivity contribution in [3.05, 3.63) is 47.1 Å². The number of nitrogens with one attached hydrogen (secondary N) is 2. The smallest absolute Gasteiger partial charge is 0.344 e. The summed E-state index contributed by atoms with van der Waals surface area (Å²) in [5, 5.41) is 7.83. The minimum Gasteiger partial charge on any atom is -0.452 e. The Kier molecular flexibility index (Phi) is 6.05. The van der Waals surface area contributed by atoms with Crippen LogP contribution < -0.4 is 10.6 Å². The molecule has 138 valence electrons. The normalized spacial score (nSPS) is 10.5. The van der Waals surface area contributed by atoms with Gasteiger partial charge >= 0.3 is 12.0 Å². The van der Waals surface area contributed by atoms with Crippen molar-refractivity contribution in [3.63, 3.8) is 0 Å². The number of nitrogens with zero attached hydrogens (tertiary/aromatic N) is 1. The number of imide groups is 1. The molecule has 0 aliphatic rings. The van der Waals surface area contributed by atoms with Crippen molar-refractivity contribution >= 4 is 23.6 Å². The summed E-state index contributed by atoms with van der Waals surface area (Å²) in [7, 11) is 0. The maximum Gasteiger partial charge on any atom is 0.344 e. The number of halogens is 1. The lowest BCUT2D eigenvalue weighted by Crippen LogP contribution is -2.37. The number of carbonyl (C=O) groups is 3. The van der Waals surface area contributed by atoms with Crippen molar-refractivity contribution in [2.24, 2.45) is 0 Å². The lowest BCUT2D eigenvalue weighted by atomic mass is 10.1. The van der Waals surface area contributed by atoms with Crippen molar-refractivity contribution < 1.29 is 28.0 Å². The van der Waals surface area contributed by atoms with Crippen LogP contribution in [0.15, 0.2) is 28.8 Å². The molecular formula is C17H18FN3O5. The second kappa shape index (κ2) is 8.24. The number of esters is 1. The van der Waals surface area contributed by atoms with E-state index in [1.807, 2.05) is 19.2 Å². The van der Waals surface area contributed by atoms with E-state index in [0.717, 1.165) is 6.07 Å². The van der Waals surface area contributed by atoms with Gasteiger partial charge in [-0.2, -0.15) is 0 Å². The Labute approximate surface area is 148 Å². The number of carbonyl (C=O) groups excluding carboxylic acids is 3. The van der Waals surface area contributed by atoms with Gasteiger partial charge in [0, 0.05) is 5.92 Å². The van der Waals surface area contributed by atoms with E-state index in [1.165, 1.54) is 18.2 Å². The number of hydrogen-bond acceptors (Lipinski definition) is 6. The number of aromatic nitrogens is 1. The Hall–Kier alpha value is -3.23. The lowest BCUT2D eigenvalue weighted by molar-refractivity contribution is -0.123. The summed E-state index contributed by atoms with van der Waals surface area (Å²) in [6.07, 6.45) is 0. The topological polar surface area (TPSA) is 111 Å². The summed E-state index contributed by atoms with van der Waals surface area (Å²) in [6, 6.07) is 4.53. The molecule has 2 rings (SSSR count). The predicted octanol–water partition coefficient (Wildman–Crippen LogP) is 2.75. The van der Waals surface area contributed by atoms with Crippen LogP contribution in [0.2, 0.25) is 0 Å². The second-order valence-corrected chi connectivity index (χ2v) is 5.72. The van der Waals surface area contributed by atoms with E-state index < -0.39 is 30.3 Å². The van der Waals surface area contributed by atoms with Gasteiger partial charge in [0.1, 0.15) is 11.4 Å². The molecule has 0 aliphatic carbocycles. The fourth-order valence-electron chi connectivity index (χ4n) is 2.11. The van der Waals surface area contributed by atoms with Gasteiger partial charge in [0.05, 0.1) is 11.4 Å². The summed E-state index contributed by atoms with van der Waals surface area (Å²) >= 11 is 0. The third-order valence-electron chi connectivity index (χ3n) is 3.33. The average molecular weight is 363 g/mol. The Bertz CT molecular complexity index is 832. The van der Waals surface area contributed by atoms with Gasteiger partial charge in [0.2, 0.25) is 0 Å². The Morgan fingerprint density at radius 2 is 1.96 bits per heavy atom. The average Bonchev–Trinajstić information content (AvgIpc) is 2.96. The summed E-state index contributed by atoms with van der Waals surface area (Å²) in [4.78, 5) is 35.5. The highest BCUT2D eigenvalue weighted by molar-refractivity contribution is 6.02. The number of rotatable bonds is 5. The van der Waals surface area contributed by atoms with E-state index in [9.17, 15) is 18.8 Å². The van der Waals surface area contributed by atoms with E-state index in [-0.39, 0.29) is 17.2 Å². The van der Waals surface area contributed by atoms with Gasteiger partial charge < -0.3 is 14.6 Å². The first kappa shape index (κ1) is 19.1. The zero-order chi connectivity index (χ0) is 19.3. The molecule has 8 nitrogen and oxygen atoms in total. The molecule has 1 heterocycles. The lowest BCUT2D eigenvalue weighted by Gasteiger charge is -2.08. The molecule has 0 spiro atoms. The molecule has 2 N–H and O–H groups in total. The molecule has 9 heteroatoms. The van der Waals surface area contributed by atoms with E-state index >= 15 is 0 Å². The number of anilines is 1. The van der Waals surface area contributed by atoms with E-state index in [4.69, 9.17) is 9.26 Å². The number of ether oxygens (including phenoxy) is 1. The van der Waals surface area contributed by atoms with Gasteiger partial charge in [-0.15, -0.1) is 0 Å². The molecule has 0 radical (unpaired) electrons. The molecule has 26 heavy (non-hydrogen) atoms. The molecule has 0 unspecified atom stereocenters. The largest absolute Gasteiger partial charge is 0.452 e. The van der Waals surface area contributed by atoms with Gasteiger partial charge in [-0.1, -0.05) is 31.1 Å². The van der Waals surface area contributed by atoms with E-state index in [1.54, 1.807) is 6.92 Å². The number of urea groups is 1. The summed E-state index contributed by atoms with van der Waals surface area (Å²) in [5.74, 6) is -2.04. The van der Waals surface area contributed by atoms with Gasteiger partial charge in [0.25, 0.3) is 5.91 Å². The van der Waals surface area contributed by atoms with Crippen LogP contribution in [0, 0.1) is 12.7 Å². The minimum atomic E-state index is -0.944. The van der Waals surface area contributed by atoms with Crippen LogP contribution in [-0.4, -0.2) is 29.7 Å². The molecule has 3 amide bonds. The van der Waals surface area contributed by atoms with Crippen molar-refractivity contribution in [2.75, 3.05) is 11.9 Å². The van der Waals surface area contributed by atoms with Crippen LogP contribution in [0.25, 0.3) is 0 Å². The van der Waals surface area contributed by atoms with Gasteiger partial charge in [-0.3, -0.25) is 10.1 Å². The van der Waals surface area contributed by atoms with Crippen LogP contribution in [0.1, 0.15) is 41.6 Å². The highest BCUT2D eigenvalue weighted by Crippen LogP contribution is 2.22. The summed E-state index contributed by atoms with van der Waals surface area (Å²) in [6.45, 7) is 4.52. The first-order valence-electron chi connectivity index (χ1n) is 7.78. The zero-order valence-corrected chi connectivity index (χ0v) is 14.5. The monoisotopic (exact) mass is 363 g/mol. The van der Waals surface area contributed by atoms with Crippen molar-refractivity contribution in [1.82, 2.24) is 10.5 Å². The SMILES string of the molecule is Cc1noc(C(C)C)c1C(=O)OCC(=O)NC(=O)Nc1ccccc1F. The summed E-state index contributed by atoms with van der Waals surface area (Å²) < 4.78 is 23.4. The molecule has 0 atom stereocenters. The minimum absolute atomic E-state index is 0.0866. The van der Waals surface area contributed by atoms with Gasteiger partial charge in [0.15, 0.2) is 12.4 Å². The molecule has 1 aromatic heterocycles. The van der Waals surface area contributed by atoms with Crippen molar-refractivity contribution in [3.8, 4) is 0 Å². The Morgan fingerprint density at radius 3 is 2.62 bits per heavy atom. The number of aryl methyl sites for hydroxylation is 1. The maximum atomic E-state index is 13.4. The molecule has 2 aromatic rings. The first-order valence-corrected chi connectivity index (χ1v) is 7.78. The standard InChI is InChI=1S/C17H18FN3O5/c1-9(2)15-14(10(3)21-26-15)16(23)25-8-13(22)20-17(24)19-12-7-5-4-6-11(12)18/h4-7,9H,8H2,1-3H3,(H2,19,20,22,24). The van der Waals surface area contributed by atoms with Crippen LogP contribution >= 0.6 is 0 Å². The molecule has 1 aromatic carbocycles. The Balaban J connectivity index is 1.89. The fourth-order valence-corrected chi connectivity index (χ4v) is 2.11. The highest BCUT2D eigenvalue weighted by Gasteiger charge is 2.24. The van der Waals surface area contributed by atoms with Crippen molar-refractivity contribution in [1.29, 1.82) is 0 Å². The first-order chi connectivity index (χ1) is 12.3. The Morgan fingerprint density at radius 1 is 1.27 bits per heavy atom. The molecular weight excluding hydrogens is 345 g/mol. The van der Waals surface area contributed by atoms with E-state index in [0.29, 0.717) is 11.5 Å². The number of amides is 3. The molecule has 0 saturated carbocycles. The van der Waals surface area contributed by atoms with Crippen LogP contribution in [-0.2, 0) is 9.53 Å². The molecule has 0 bridgehead atoms. The highest BCUT2D eigenvalue weighted by atomic mass is 19.1. The number of benzene rings is 1. The predicted molar refractivity (Wildman–Crippen MR) is 89.2 cm³/mol. The van der Waals surface area contributed by atoms with E-state index in [2.05, 4.69) is 10.5 Å². The quantitative estimate of drug-likeness (QED) is 0.790.